The van der Waals surface area contributed by atoms with Crippen molar-refractivity contribution in [3.05, 3.63) is 163 Å². The molecule has 0 aliphatic heterocycles. The second-order valence-corrected chi connectivity index (χ2v) is 13.6. The molecule has 0 fully saturated rings. The number of thiophene rings is 1. The Hall–Kier alpha value is -5.18. The van der Waals surface area contributed by atoms with Gasteiger partial charge in [0, 0.05) is 42.5 Å². The number of hydrogen-bond donors (Lipinski definition) is 0. The van der Waals surface area contributed by atoms with Crippen LogP contribution in [-0.4, -0.2) is 0 Å². The van der Waals surface area contributed by atoms with Gasteiger partial charge in [0.25, 0.3) is 0 Å². The Morgan fingerprint density at radius 2 is 1.20 bits per heavy atom. The maximum Gasteiger partial charge on any atom is 0.0543 e. The lowest BCUT2D eigenvalue weighted by Gasteiger charge is -2.29. The van der Waals surface area contributed by atoms with Crippen molar-refractivity contribution in [1.82, 2.24) is 0 Å². The van der Waals surface area contributed by atoms with Crippen molar-refractivity contribution in [2.45, 2.75) is 19.3 Å². The highest BCUT2D eigenvalue weighted by atomic mass is 32.1. The van der Waals surface area contributed by atoms with Crippen molar-refractivity contribution in [2.24, 2.45) is 0 Å². The molecule has 1 aromatic heterocycles. The summed E-state index contributed by atoms with van der Waals surface area (Å²) in [6, 6.07) is 55.8. The van der Waals surface area contributed by atoms with E-state index in [1.807, 2.05) is 11.3 Å². The molecule has 1 aliphatic rings. The first-order valence-corrected chi connectivity index (χ1v) is 16.4. The number of benzene rings is 7. The second kappa shape index (κ2) is 9.92. The molecule has 0 spiro atoms. The number of anilines is 3. The van der Waals surface area contributed by atoms with E-state index in [0.29, 0.717) is 0 Å². The Labute approximate surface area is 267 Å². The minimum atomic E-state index is -0.0682. The molecule has 1 heterocycles. The molecule has 0 radical (unpaired) electrons. The van der Waals surface area contributed by atoms with E-state index in [1.165, 1.54) is 75.7 Å². The van der Waals surface area contributed by atoms with Crippen LogP contribution >= 0.6 is 11.3 Å². The summed E-state index contributed by atoms with van der Waals surface area (Å²) >= 11 is 1.90. The highest BCUT2D eigenvalue weighted by molar-refractivity contribution is 7.26. The molecule has 0 atom stereocenters. The molecule has 1 nitrogen and oxygen atoms in total. The van der Waals surface area contributed by atoms with Gasteiger partial charge in [0.05, 0.1) is 5.69 Å². The minimum Gasteiger partial charge on any atom is -0.310 e. The van der Waals surface area contributed by atoms with Crippen LogP contribution in [0.5, 0.6) is 0 Å². The van der Waals surface area contributed by atoms with Crippen LogP contribution in [0.2, 0.25) is 0 Å². The van der Waals surface area contributed by atoms with E-state index in [9.17, 15) is 0 Å². The first kappa shape index (κ1) is 26.2. The van der Waals surface area contributed by atoms with Crippen molar-refractivity contribution >= 4 is 59.3 Å². The number of fused-ring (bicyclic) bond motifs is 8. The van der Waals surface area contributed by atoms with E-state index >= 15 is 0 Å². The van der Waals surface area contributed by atoms with Crippen LogP contribution in [0.3, 0.4) is 0 Å². The minimum absolute atomic E-state index is 0.0682. The Morgan fingerprint density at radius 1 is 0.511 bits per heavy atom. The highest BCUT2D eigenvalue weighted by Crippen LogP contribution is 2.54. The van der Waals surface area contributed by atoms with Gasteiger partial charge in [0.1, 0.15) is 0 Å². The average Bonchev–Trinajstić information content (AvgIpc) is 3.58. The van der Waals surface area contributed by atoms with E-state index in [0.717, 1.165) is 5.69 Å². The van der Waals surface area contributed by atoms with Crippen LogP contribution in [0, 0.1) is 0 Å². The van der Waals surface area contributed by atoms with Crippen molar-refractivity contribution in [3.63, 3.8) is 0 Å². The summed E-state index contributed by atoms with van der Waals surface area (Å²) in [4.78, 5) is 2.47. The Kier molecular flexibility index (Phi) is 5.78. The molecule has 1 aliphatic carbocycles. The van der Waals surface area contributed by atoms with Crippen molar-refractivity contribution < 1.29 is 0 Å². The van der Waals surface area contributed by atoms with Gasteiger partial charge >= 0.3 is 0 Å². The molecule has 0 saturated carbocycles. The number of hydrogen-bond acceptors (Lipinski definition) is 2. The first-order chi connectivity index (χ1) is 22.1. The summed E-state index contributed by atoms with van der Waals surface area (Å²) in [7, 11) is 0. The smallest absolute Gasteiger partial charge is 0.0543 e. The molecule has 2 heteroatoms. The Balaban J connectivity index is 1.28. The molecule has 214 valence electrons. The lowest BCUT2D eigenvalue weighted by molar-refractivity contribution is 0.660. The average molecular weight is 594 g/mol. The number of rotatable bonds is 4. The Bertz CT molecular complexity index is 2400. The van der Waals surface area contributed by atoms with Crippen LogP contribution < -0.4 is 4.90 Å². The van der Waals surface area contributed by atoms with Crippen LogP contribution in [0.1, 0.15) is 25.0 Å². The quantitative estimate of drug-likeness (QED) is 0.196. The van der Waals surface area contributed by atoms with Crippen molar-refractivity contribution in [2.75, 3.05) is 4.90 Å². The van der Waals surface area contributed by atoms with E-state index < -0.39 is 0 Å². The molecule has 0 N–H and O–H groups in total. The predicted octanol–water partition coefficient (Wildman–Crippen LogP) is 12.7. The standard InChI is InChI=1S/C43H31NS/c1-43(2)37-16-9-8-15-36(37)41-38(43)17-10-18-39(41)44(31-22-19-29(20-23-31)28-11-4-3-5-12-28)32-24-26-34-35-25-21-30-13-6-7-14-33(30)42(35)45-40(34)27-32/h3-27H,1-2H3. The molecule has 9 rings (SSSR count). The first-order valence-electron chi connectivity index (χ1n) is 15.6. The van der Waals surface area contributed by atoms with Gasteiger partial charge in [-0.25, -0.2) is 0 Å². The molecule has 0 unspecified atom stereocenters. The lowest BCUT2D eigenvalue weighted by atomic mass is 9.82. The van der Waals surface area contributed by atoms with Gasteiger partial charge in [0.15, 0.2) is 0 Å². The monoisotopic (exact) mass is 593 g/mol. The molecule has 8 aromatic rings. The maximum absolute atomic E-state index is 2.47. The topological polar surface area (TPSA) is 3.24 Å². The zero-order valence-electron chi connectivity index (χ0n) is 25.3. The van der Waals surface area contributed by atoms with Crippen LogP contribution in [0.25, 0.3) is 53.2 Å². The summed E-state index contributed by atoms with van der Waals surface area (Å²) in [6.07, 6.45) is 0. The van der Waals surface area contributed by atoms with Gasteiger partial charge in [-0.1, -0.05) is 135 Å². The highest BCUT2D eigenvalue weighted by Gasteiger charge is 2.37. The zero-order valence-corrected chi connectivity index (χ0v) is 26.1. The van der Waals surface area contributed by atoms with Gasteiger partial charge in [0.2, 0.25) is 0 Å². The van der Waals surface area contributed by atoms with Crippen LogP contribution in [-0.2, 0) is 5.41 Å². The van der Waals surface area contributed by atoms with E-state index in [2.05, 4.69) is 170 Å². The Morgan fingerprint density at radius 3 is 2.07 bits per heavy atom. The largest absolute Gasteiger partial charge is 0.310 e. The van der Waals surface area contributed by atoms with Gasteiger partial charge < -0.3 is 4.90 Å². The number of nitrogens with zero attached hydrogens (tertiary/aromatic N) is 1. The van der Waals surface area contributed by atoms with Gasteiger partial charge in [-0.2, -0.15) is 0 Å². The fraction of sp³-hybridized carbons (Fsp3) is 0.0698. The molecule has 0 bridgehead atoms. The molecule has 7 aromatic carbocycles. The molecular formula is C43H31NS. The third kappa shape index (κ3) is 3.99. The van der Waals surface area contributed by atoms with E-state index in [1.54, 1.807) is 0 Å². The van der Waals surface area contributed by atoms with Gasteiger partial charge in [-0.3, -0.25) is 0 Å². The van der Waals surface area contributed by atoms with Crippen LogP contribution in [0.15, 0.2) is 152 Å². The van der Waals surface area contributed by atoms with Crippen molar-refractivity contribution in [1.29, 1.82) is 0 Å². The van der Waals surface area contributed by atoms with Crippen molar-refractivity contribution in [3.8, 4) is 22.3 Å². The third-order valence-corrected chi connectivity index (χ3v) is 10.9. The summed E-state index contributed by atoms with van der Waals surface area (Å²) in [5.74, 6) is 0. The SMILES string of the molecule is CC1(C)c2ccccc2-c2c(N(c3ccc(-c4ccccc4)cc3)c3ccc4c(c3)sc3c5ccccc5ccc43)cccc21. The third-order valence-electron chi connectivity index (χ3n) is 9.66. The molecular weight excluding hydrogens is 563 g/mol. The molecule has 0 saturated heterocycles. The van der Waals surface area contributed by atoms with E-state index in [-0.39, 0.29) is 5.41 Å². The van der Waals surface area contributed by atoms with Gasteiger partial charge in [-0.15, -0.1) is 11.3 Å². The molecule has 45 heavy (non-hydrogen) atoms. The predicted molar refractivity (Wildman–Crippen MR) is 195 cm³/mol. The second-order valence-electron chi connectivity index (χ2n) is 12.6. The summed E-state index contributed by atoms with van der Waals surface area (Å²) < 4.78 is 2.66. The fourth-order valence-electron chi connectivity index (χ4n) is 7.41. The normalized spacial score (nSPS) is 13.3. The summed E-state index contributed by atoms with van der Waals surface area (Å²) in [5, 5.41) is 5.26. The lowest BCUT2D eigenvalue weighted by Crippen LogP contribution is -2.16. The zero-order chi connectivity index (χ0) is 30.1. The fourth-order valence-corrected chi connectivity index (χ4v) is 8.69. The molecule has 0 amide bonds. The van der Waals surface area contributed by atoms with Crippen LogP contribution in [0.4, 0.5) is 17.1 Å². The van der Waals surface area contributed by atoms with Gasteiger partial charge in [-0.05, 0) is 68.9 Å². The van der Waals surface area contributed by atoms with E-state index in [4.69, 9.17) is 0 Å². The summed E-state index contributed by atoms with van der Waals surface area (Å²) in [5.41, 5.74) is 11.3. The summed E-state index contributed by atoms with van der Waals surface area (Å²) in [6.45, 7) is 4.71. The maximum atomic E-state index is 2.47.